The van der Waals surface area contributed by atoms with E-state index in [1.54, 1.807) is 0 Å². The Hall–Kier alpha value is -6.58. The number of pyridine rings is 2. The monoisotopic (exact) mass is 667 g/mol. The summed E-state index contributed by atoms with van der Waals surface area (Å²) in [6.07, 6.45) is 4.71. The van der Waals surface area contributed by atoms with E-state index in [1.807, 2.05) is 38.4 Å². The lowest BCUT2D eigenvalue weighted by Crippen LogP contribution is -1.95. The Bertz CT molecular complexity index is 2580. The first kappa shape index (κ1) is 31.4. The molecule has 0 amide bonds. The summed E-state index contributed by atoms with van der Waals surface area (Å²) < 4.78 is 2.44. The van der Waals surface area contributed by atoms with Crippen molar-refractivity contribution in [3.63, 3.8) is 0 Å². The smallest absolute Gasteiger partial charge is 0.0708 e. The van der Waals surface area contributed by atoms with Crippen molar-refractivity contribution in [2.45, 2.75) is 20.3 Å². The minimum Gasteiger partial charge on any atom is -0.309 e. The molecule has 3 heterocycles. The molecule has 248 valence electrons. The van der Waals surface area contributed by atoms with Gasteiger partial charge in [0.1, 0.15) is 0 Å². The van der Waals surface area contributed by atoms with Crippen LogP contribution in [0.2, 0.25) is 0 Å². The fourth-order valence-corrected chi connectivity index (χ4v) is 7.85. The molecule has 0 N–H and O–H groups in total. The van der Waals surface area contributed by atoms with Gasteiger partial charge in [-0.3, -0.25) is 9.97 Å². The third-order valence-electron chi connectivity index (χ3n) is 10.2. The van der Waals surface area contributed by atoms with Gasteiger partial charge < -0.3 is 4.57 Å². The van der Waals surface area contributed by atoms with E-state index in [0.717, 1.165) is 28.9 Å². The standard InChI is InChI=1S/C47H31N3.C2H6/c1-2-14-38-31(11-1)27-32-19-22-35(30-41(32)38)50-46-23-20-33(36-12-3-5-15-39(36)44-17-7-9-25-48-44)28-42(46)43-29-34(21-24-47(43)50)37-13-4-6-16-40(37)45-18-8-10-26-49-45;1-2/h1-26,28-30H,27H2;1-2H3. The lowest BCUT2D eigenvalue weighted by Gasteiger charge is -2.12. The molecular formula is C49H37N3. The molecule has 0 saturated carbocycles. The summed E-state index contributed by atoms with van der Waals surface area (Å²) in [5.41, 5.74) is 17.8. The average molecular weight is 668 g/mol. The van der Waals surface area contributed by atoms with Gasteiger partial charge in [0.25, 0.3) is 0 Å². The zero-order chi connectivity index (χ0) is 35.0. The Morgan fingerprint density at radius 1 is 0.404 bits per heavy atom. The molecule has 10 rings (SSSR count). The predicted molar refractivity (Wildman–Crippen MR) is 218 cm³/mol. The van der Waals surface area contributed by atoms with E-state index >= 15 is 0 Å². The van der Waals surface area contributed by atoms with Crippen LogP contribution >= 0.6 is 0 Å². The molecule has 0 aliphatic heterocycles. The van der Waals surface area contributed by atoms with Gasteiger partial charge in [-0.15, -0.1) is 0 Å². The van der Waals surface area contributed by atoms with Crippen LogP contribution < -0.4 is 0 Å². The van der Waals surface area contributed by atoms with E-state index < -0.39 is 0 Å². The SMILES string of the molecule is CC.c1ccc(-c2ccccc2-c2ccc3c(c2)c2cc(-c4ccccc4-c4ccccn4)ccc2n3-c2ccc3c(c2)-c2ccccc2C3)nc1. The average Bonchev–Trinajstić information content (AvgIpc) is 3.77. The zero-order valence-corrected chi connectivity index (χ0v) is 29.3. The van der Waals surface area contributed by atoms with Crippen molar-refractivity contribution in [2.24, 2.45) is 0 Å². The molecule has 0 radical (unpaired) electrons. The van der Waals surface area contributed by atoms with Crippen molar-refractivity contribution in [1.29, 1.82) is 0 Å². The van der Waals surface area contributed by atoms with E-state index in [1.165, 1.54) is 72.0 Å². The van der Waals surface area contributed by atoms with Crippen molar-refractivity contribution in [1.82, 2.24) is 14.5 Å². The van der Waals surface area contributed by atoms with Crippen LogP contribution in [-0.2, 0) is 6.42 Å². The minimum atomic E-state index is 0.970. The molecule has 9 aromatic rings. The van der Waals surface area contributed by atoms with Crippen LogP contribution in [0.4, 0.5) is 0 Å². The van der Waals surface area contributed by atoms with Gasteiger partial charge in [-0.1, -0.05) is 117 Å². The number of aromatic nitrogens is 3. The fraction of sp³-hybridized carbons (Fsp3) is 0.0612. The van der Waals surface area contributed by atoms with Crippen LogP contribution in [0.25, 0.3) is 83.4 Å². The molecule has 0 spiro atoms. The van der Waals surface area contributed by atoms with Gasteiger partial charge in [-0.25, -0.2) is 0 Å². The van der Waals surface area contributed by atoms with Gasteiger partial charge in [0, 0.05) is 40.0 Å². The third-order valence-corrected chi connectivity index (χ3v) is 10.2. The molecule has 0 bridgehead atoms. The summed E-state index contributed by atoms with van der Waals surface area (Å²) in [4.78, 5) is 9.41. The molecule has 0 fully saturated rings. The summed E-state index contributed by atoms with van der Waals surface area (Å²) in [6.45, 7) is 4.00. The van der Waals surface area contributed by atoms with Crippen molar-refractivity contribution in [2.75, 3.05) is 0 Å². The van der Waals surface area contributed by atoms with Crippen LogP contribution in [0, 0.1) is 0 Å². The number of rotatable bonds is 5. The number of hydrogen-bond donors (Lipinski definition) is 0. The van der Waals surface area contributed by atoms with Crippen LogP contribution in [0.15, 0.2) is 176 Å². The molecule has 3 nitrogen and oxygen atoms in total. The quantitative estimate of drug-likeness (QED) is 0.183. The molecular weight excluding hydrogens is 631 g/mol. The van der Waals surface area contributed by atoms with Crippen LogP contribution in [0.5, 0.6) is 0 Å². The van der Waals surface area contributed by atoms with Crippen molar-refractivity contribution in [3.8, 4) is 61.6 Å². The topological polar surface area (TPSA) is 30.7 Å². The Kier molecular flexibility index (Phi) is 8.02. The Balaban J connectivity index is 0.00000177. The van der Waals surface area contributed by atoms with E-state index in [4.69, 9.17) is 9.97 Å². The van der Waals surface area contributed by atoms with Crippen LogP contribution in [-0.4, -0.2) is 14.5 Å². The van der Waals surface area contributed by atoms with Gasteiger partial charge in [-0.05, 0) is 112 Å². The fourth-order valence-electron chi connectivity index (χ4n) is 7.85. The molecule has 1 aliphatic rings. The van der Waals surface area contributed by atoms with Crippen LogP contribution in [0.1, 0.15) is 25.0 Å². The van der Waals surface area contributed by atoms with Gasteiger partial charge in [0.15, 0.2) is 0 Å². The van der Waals surface area contributed by atoms with Crippen molar-refractivity contribution < 1.29 is 0 Å². The van der Waals surface area contributed by atoms with E-state index in [9.17, 15) is 0 Å². The predicted octanol–water partition coefficient (Wildman–Crippen LogP) is 12.8. The highest BCUT2D eigenvalue weighted by atomic mass is 15.0. The highest BCUT2D eigenvalue weighted by Crippen LogP contribution is 2.42. The molecule has 6 aromatic carbocycles. The second kappa shape index (κ2) is 13.3. The summed E-state index contributed by atoms with van der Waals surface area (Å²) in [6, 6.07) is 59.0. The van der Waals surface area contributed by atoms with Gasteiger partial charge >= 0.3 is 0 Å². The van der Waals surface area contributed by atoms with Crippen molar-refractivity contribution in [3.05, 3.63) is 187 Å². The number of benzene rings is 6. The van der Waals surface area contributed by atoms with Gasteiger partial charge in [0.05, 0.1) is 22.4 Å². The number of hydrogen-bond acceptors (Lipinski definition) is 2. The maximum absolute atomic E-state index is 4.70. The Morgan fingerprint density at radius 2 is 0.885 bits per heavy atom. The first-order chi connectivity index (χ1) is 25.8. The molecule has 0 atom stereocenters. The molecule has 0 saturated heterocycles. The molecule has 1 aliphatic carbocycles. The maximum Gasteiger partial charge on any atom is 0.0708 e. The number of fused-ring (bicyclic) bond motifs is 6. The summed E-state index contributed by atoms with van der Waals surface area (Å²) in [7, 11) is 0. The highest BCUT2D eigenvalue weighted by molar-refractivity contribution is 6.12. The Morgan fingerprint density at radius 3 is 1.42 bits per heavy atom. The molecule has 3 aromatic heterocycles. The summed E-state index contributed by atoms with van der Waals surface area (Å²) in [5, 5.41) is 2.43. The normalized spacial score (nSPS) is 11.6. The first-order valence-corrected chi connectivity index (χ1v) is 18.1. The largest absolute Gasteiger partial charge is 0.309 e. The molecule has 3 heteroatoms. The van der Waals surface area contributed by atoms with Crippen LogP contribution in [0.3, 0.4) is 0 Å². The molecule has 52 heavy (non-hydrogen) atoms. The lowest BCUT2D eigenvalue weighted by atomic mass is 9.94. The lowest BCUT2D eigenvalue weighted by molar-refractivity contribution is 1.17. The second-order valence-corrected chi connectivity index (χ2v) is 13.0. The van der Waals surface area contributed by atoms with E-state index in [0.29, 0.717) is 0 Å². The minimum absolute atomic E-state index is 0.970. The Labute approximate surface area is 304 Å². The zero-order valence-electron chi connectivity index (χ0n) is 29.3. The second-order valence-electron chi connectivity index (χ2n) is 13.0. The van der Waals surface area contributed by atoms with E-state index in [2.05, 4.69) is 156 Å². The third kappa shape index (κ3) is 5.30. The van der Waals surface area contributed by atoms with Gasteiger partial charge in [-0.2, -0.15) is 0 Å². The number of nitrogens with zero attached hydrogens (tertiary/aromatic N) is 3. The first-order valence-electron chi connectivity index (χ1n) is 18.1. The highest BCUT2D eigenvalue weighted by Gasteiger charge is 2.21. The maximum atomic E-state index is 4.70. The van der Waals surface area contributed by atoms with E-state index in [-0.39, 0.29) is 0 Å². The van der Waals surface area contributed by atoms with Crippen molar-refractivity contribution >= 4 is 21.8 Å². The summed E-state index contributed by atoms with van der Waals surface area (Å²) >= 11 is 0. The van der Waals surface area contributed by atoms with Gasteiger partial charge in [0.2, 0.25) is 0 Å². The molecule has 0 unspecified atom stereocenters. The summed E-state index contributed by atoms with van der Waals surface area (Å²) in [5.74, 6) is 0.